The highest BCUT2D eigenvalue weighted by Crippen LogP contribution is 2.40. The van der Waals surface area contributed by atoms with E-state index >= 15 is 0 Å². The summed E-state index contributed by atoms with van der Waals surface area (Å²) in [6.07, 6.45) is 3.13. The number of allylic oxidation sites excluding steroid dienone is 1. The standard InChI is InChI=1S/C17H17N5O5S2/c1-2-7-5-28-15-11(14(24)22(15)12(7)16(25)26)20-13(23)10(21-27-8-3-4-8)9-6-29-17(18)19-9/h2,6,8,11,15H,1,3-5H2,(H2,18,19)(H,20,23)(H,25,26)/b21-10+/t11-,15-/m1/s1. The van der Waals surface area contributed by atoms with E-state index in [1.807, 2.05) is 0 Å². The number of nitrogen functional groups attached to an aromatic ring is 1. The van der Waals surface area contributed by atoms with Gasteiger partial charge in [0.1, 0.15) is 28.9 Å². The molecule has 1 aromatic heterocycles. The van der Waals surface area contributed by atoms with Crippen LogP contribution in [0.25, 0.3) is 0 Å². The topological polar surface area (TPSA) is 147 Å². The number of anilines is 1. The van der Waals surface area contributed by atoms with Crippen LogP contribution in [0.4, 0.5) is 5.13 Å². The van der Waals surface area contributed by atoms with Crippen LogP contribution < -0.4 is 11.1 Å². The van der Waals surface area contributed by atoms with Gasteiger partial charge in [0, 0.05) is 11.1 Å². The quantitative estimate of drug-likeness (QED) is 0.319. The third-order valence-corrected chi connectivity index (χ3v) is 6.51. The van der Waals surface area contributed by atoms with Crippen LogP contribution in [0.1, 0.15) is 18.5 Å². The molecule has 0 bridgehead atoms. The third kappa shape index (κ3) is 3.60. The Labute approximate surface area is 173 Å². The van der Waals surface area contributed by atoms with Crippen molar-refractivity contribution in [2.24, 2.45) is 5.16 Å². The van der Waals surface area contributed by atoms with Gasteiger partial charge >= 0.3 is 5.97 Å². The van der Waals surface area contributed by atoms with Gasteiger partial charge < -0.3 is 21.0 Å². The zero-order valence-electron chi connectivity index (χ0n) is 15.0. The number of carbonyl (C=O) groups is 3. The van der Waals surface area contributed by atoms with E-state index in [4.69, 9.17) is 10.6 Å². The molecule has 2 atom stereocenters. The second kappa shape index (κ2) is 7.52. The summed E-state index contributed by atoms with van der Waals surface area (Å²) in [5.74, 6) is -1.97. The number of hydrogen-bond acceptors (Lipinski definition) is 9. The molecule has 1 aliphatic carbocycles. The Balaban J connectivity index is 1.53. The summed E-state index contributed by atoms with van der Waals surface area (Å²) < 4.78 is 0. The molecule has 0 aromatic carbocycles. The molecule has 0 spiro atoms. The maximum Gasteiger partial charge on any atom is 0.352 e. The van der Waals surface area contributed by atoms with Gasteiger partial charge in [-0.2, -0.15) is 0 Å². The van der Waals surface area contributed by atoms with Crippen molar-refractivity contribution in [1.82, 2.24) is 15.2 Å². The Hall–Kier alpha value is -2.86. The zero-order chi connectivity index (χ0) is 20.7. The van der Waals surface area contributed by atoms with Crippen LogP contribution in [0.5, 0.6) is 0 Å². The fraction of sp³-hybridized carbons (Fsp3) is 0.353. The first-order valence-corrected chi connectivity index (χ1v) is 10.6. The van der Waals surface area contributed by atoms with Gasteiger partial charge in [0.15, 0.2) is 10.8 Å². The predicted molar refractivity (Wildman–Crippen MR) is 107 cm³/mol. The van der Waals surface area contributed by atoms with Gasteiger partial charge in [-0.15, -0.1) is 23.1 Å². The molecule has 0 radical (unpaired) electrons. The van der Waals surface area contributed by atoms with Crippen LogP contribution in [-0.4, -0.2) is 61.8 Å². The Morgan fingerprint density at radius 3 is 2.83 bits per heavy atom. The van der Waals surface area contributed by atoms with Crippen LogP contribution in [0.15, 0.2) is 34.5 Å². The van der Waals surface area contributed by atoms with Gasteiger partial charge in [0.25, 0.3) is 11.8 Å². The Morgan fingerprint density at radius 1 is 1.48 bits per heavy atom. The summed E-state index contributed by atoms with van der Waals surface area (Å²) in [5.41, 5.74) is 6.20. The Bertz CT molecular complexity index is 967. The number of carboxylic acids is 1. The van der Waals surface area contributed by atoms with Crippen molar-refractivity contribution in [2.75, 3.05) is 11.5 Å². The highest BCUT2D eigenvalue weighted by molar-refractivity contribution is 8.00. The average molecular weight is 435 g/mol. The summed E-state index contributed by atoms with van der Waals surface area (Å²) in [5, 5.41) is 17.3. The molecule has 2 amide bonds. The van der Waals surface area contributed by atoms with Gasteiger partial charge in [-0.3, -0.25) is 14.5 Å². The summed E-state index contributed by atoms with van der Waals surface area (Å²) in [4.78, 5) is 47.6. The SMILES string of the molecule is C=CC1=C(C(=O)O)N2C(=O)[C@@H](NC(=O)/C(=N/OC3CC3)c3csc(N)n3)[C@H]2SC1. The van der Waals surface area contributed by atoms with E-state index in [2.05, 4.69) is 22.0 Å². The van der Waals surface area contributed by atoms with Crippen molar-refractivity contribution in [3.05, 3.63) is 35.0 Å². The number of aliphatic carboxylic acids is 1. The van der Waals surface area contributed by atoms with Gasteiger partial charge in [-0.05, 0) is 18.4 Å². The van der Waals surface area contributed by atoms with Gasteiger partial charge in [0.2, 0.25) is 0 Å². The Kier molecular flexibility index (Phi) is 5.04. The predicted octanol–water partition coefficient (Wildman–Crippen LogP) is 0.533. The maximum absolute atomic E-state index is 12.8. The highest BCUT2D eigenvalue weighted by Gasteiger charge is 2.54. The van der Waals surface area contributed by atoms with Crippen LogP contribution >= 0.6 is 23.1 Å². The molecule has 10 nitrogen and oxygen atoms in total. The van der Waals surface area contributed by atoms with E-state index in [0.717, 1.165) is 24.2 Å². The molecule has 29 heavy (non-hydrogen) atoms. The van der Waals surface area contributed by atoms with Crippen molar-refractivity contribution >= 4 is 51.7 Å². The maximum atomic E-state index is 12.8. The first-order valence-electron chi connectivity index (χ1n) is 8.70. The zero-order valence-corrected chi connectivity index (χ0v) is 16.7. The van der Waals surface area contributed by atoms with Gasteiger partial charge in [0.05, 0.1) is 0 Å². The first kappa shape index (κ1) is 19.5. The molecule has 2 aliphatic heterocycles. The summed E-state index contributed by atoms with van der Waals surface area (Å²) in [6.45, 7) is 3.60. The van der Waals surface area contributed by atoms with Crippen LogP contribution in [0, 0.1) is 0 Å². The monoisotopic (exact) mass is 435 g/mol. The minimum absolute atomic E-state index is 0.0240. The second-order valence-electron chi connectivity index (χ2n) is 6.56. The molecule has 3 aliphatic rings. The molecular formula is C17H17N5O5S2. The first-order chi connectivity index (χ1) is 13.9. The minimum atomic E-state index is -1.21. The number of thiazole rings is 1. The van der Waals surface area contributed by atoms with E-state index in [0.29, 0.717) is 11.3 Å². The lowest BCUT2D eigenvalue weighted by Gasteiger charge is -2.49. The van der Waals surface area contributed by atoms with E-state index in [1.54, 1.807) is 5.38 Å². The smallest absolute Gasteiger partial charge is 0.352 e. The number of nitrogens with two attached hydrogens (primary N) is 1. The van der Waals surface area contributed by atoms with Crippen molar-refractivity contribution in [3.8, 4) is 0 Å². The van der Waals surface area contributed by atoms with Crippen molar-refractivity contribution in [1.29, 1.82) is 0 Å². The fourth-order valence-electron chi connectivity index (χ4n) is 2.91. The number of β-lactam (4-membered cyclic amide) rings is 1. The fourth-order valence-corrected chi connectivity index (χ4v) is 4.80. The van der Waals surface area contributed by atoms with Gasteiger partial charge in [-0.1, -0.05) is 17.8 Å². The number of amides is 2. The van der Waals surface area contributed by atoms with Gasteiger partial charge in [-0.25, -0.2) is 9.78 Å². The minimum Gasteiger partial charge on any atom is -0.477 e. The largest absolute Gasteiger partial charge is 0.477 e. The molecule has 2 fully saturated rings. The summed E-state index contributed by atoms with van der Waals surface area (Å²) in [6, 6.07) is -0.879. The number of nitrogens with one attached hydrogen (secondary N) is 1. The normalized spacial score (nSPS) is 23.9. The van der Waals surface area contributed by atoms with Crippen LogP contribution in [0.2, 0.25) is 0 Å². The molecule has 3 heterocycles. The van der Waals surface area contributed by atoms with E-state index < -0.39 is 29.2 Å². The van der Waals surface area contributed by atoms with E-state index in [-0.39, 0.29) is 28.3 Å². The summed E-state index contributed by atoms with van der Waals surface area (Å²) >= 11 is 2.51. The lowest BCUT2D eigenvalue weighted by atomic mass is 10.0. The Morgan fingerprint density at radius 2 is 2.24 bits per heavy atom. The molecule has 4 N–H and O–H groups in total. The second-order valence-corrected chi connectivity index (χ2v) is 8.55. The number of rotatable bonds is 7. The number of aromatic nitrogens is 1. The third-order valence-electron chi connectivity index (χ3n) is 4.53. The number of oxime groups is 1. The number of carboxylic acid groups (broad SMARTS) is 1. The van der Waals surface area contributed by atoms with Crippen LogP contribution in [0.3, 0.4) is 0 Å². The molecule has 1 aromatic rings. The van der Waals surface area contributed by atoms with Crippen molar-refractivity contribution < 1.29 is 24.3 Å². The summed E-state index contributed by atoms with van der Waals surface area (Å²) in [7, 11) is 0. The molecule has 1 saturated carbocycles. The molecular weight excluding hydrogens is 418 g/mol. The number of carbonyl (C=O) groups excluding carboxylic acids is 2. The number of thioether (sulfide) groups is 1. The van der Waals surface area contributed by atoms with E-state index in [9.17, 15) is 19.5 Å². The molecule has 0 unspecified atom stereocenters. The highest BCUT2D eigenvalue weighted by atomic mass is 32.2. The number of fused-ring (bicyclic) bond motifs is 1. The average Bonchev–Trinajstić information content (AvgIpc) is 3.43. The lowest BCUT2D eigenvalue weighted by molar-refractivity contribution is -0.150. The molecule has 4 rings (SSSR count). The molecule has 1 saturated heterocycles. The molecule has 152 valence electrons. The van der Waals surface area contributed by atoms with Crippen LogP contribution in [-0.2, 0) is 19.2 Å². The van der Waals surface area contributed by atoms with Crippen molar-refractivity contribution in [3.63, 3.8) is 0 Å². The van der Waals surface area contributed by atoms with Crippen molar-refractivity contribution in [2.45, 2.75) is 30.4 Å². The lowest BCUT2D eigenvalue weighted by Crippen LogP contribution is -2.71. The molecule has 12 heteroatoms. The van der Waals surface area contributed by atoms with E-state index in [1.165, 1.54) is 22.7 Å². The number of nitrogens with zero attached hydrogens (tertiary/aromatic N) is 3. The number of hydrogen-bond donors (Lipinski definition) is 3.